The van der Waals surface area contributed by atoms with Crippen LogP contribution >= 0.6 is 0 Å². The van der Waals surface area contributed by atoms with Gasteiger partial charge in [-0.25, -0.2) is 0 Å². The standard InChI is InChI=1S/C57H110O6/c1-6-8-9-10-11-12-13-23-26-32-37-42-47-55(58)61-50-54(63-57(60)49-44-39-34-29-28-30-35-40-45-52(3)4)51-62-56(59)48-43-38-33-27-24-21-19-17-15-14-16-18-20-22-25-31-36-41-46-53(5)7-2/h52-54H,6-51H2,1-5H3/t53?,54-/m1/s1. The average Bonchev–Trinajstić information content (AvgIpc) is 3.27. The van der Waals surface area contributed by atoms with Gasteiger partial charge in [-0.05, 0) is 31.1 Å². The molecule has 0 rings (SSSR count). The van der Waals surface area contributed by atoms with Crippen molar-refractivity contribution in [1.29, 1.82) is 0 Å². The second-order valence-corrected chi connectivity index (χ2v) is 20.3. The highest BCUT2D eigenvalue weighted by molar-refractivity contribution is 5.71. The molecule has 0 bridgehead atoms. The van der Waals surface area contributed by atoms with Gasteiger partial charge in [0.2, 0.25) is 0 Å². The topological polar surface area (TPSA) is 78.9 Å². The number of ether oxygens (including phenoxy) is 3. The molecule has 0 aromatic carbocycles. The Hall–Kier alpha value is -1.59. The summed E-state index contributed by atoms with van der Waals surface area (Å²) < 4.78 is 16.8. The molecule has 0 heterocycles. The third-order valence-corrected chi connectivity index (χ3v) is 13.3. The third kappa shape index (κ3) is 49.7. The van der Waals surface area contributed by atoms with Crippen LogP contribution in [0.3, 0.4) is 0 Å². The Morgan fingerprint density at radius 2 is 0.603 bits per heavy atom. The van der Waals surface area contributed by atoms with Crippen LogP contribution in [0.1, 0.15) is 317 Å². The van der Waals surface area contributed by atoms with E-state index in [1.165, 1.54) is 205 Å². The Bertz CT molecular complexity index is 964. The number of carbonyl (C=O) groups excluding carboxylic acids is 3. The molecule has 0 saturated carbocycles. The second kappa shape index (κ2) is 49.8. The van der Waals surface area contributed by atoms with Crippen molar-refractivity contribution in [2.75, 3.05) is 13.2 Å². The fraction of sp³-hybridized carbons (Fsp3) is 0.947. The van der Waals surface area contributed by atoms with Crippen molar-refractivity contribution in [3.8, 4) is 0 Å². The maximum atomic E-state index is 12.8. The fourth-order valence-electron chi connectivity index (χ4n) is 8.66. The normalized spacial score (nSPS) is 12.5. The van der Waals surface area contributed by atoms with E-state index in [0.717, 1.165) is 69.6 Å². The molecule has 0 aromatic heterocycles. The molecule has 1 unspecified atom stereocenters. The van der Waals surface area contributed by atoms with Gasteiger partial charge in [0.25, 0.3) is 0 Å². The van der Waals surface area contributed by atoms with Crippen LogP contribution in [0, 0.1) is 11.8 Å². The van der Waals surface area contributed by atoms with E-state index >= 15 is 0 Å². The van der Waals surface area contributed by atoms with Crippen LogP contribution in [-0.4, -0.2) is 37.2 Å². The zero-order valence-electron chi connectivity index (χ0n) is 43.2. The van der Waals surface area contributed by atoms with E-state index in [-0.39, 0.29) is 31.1 Å². The largest absolute Gasteiger partial charge is 0.462 e. The lowest BCUT2D eigenvalue weighted by Gasteiger charge is -2.18. The molecule has 2 atom stereocenters. The molecular weight excluding hydrogens is 781 g/mol. The zero-order valence-corrected chi connectivity index (χ0v) is 43.2. The van der Waals surface area contributed by atoms with Crippen LogP contribution < -0.4 is 0 Å². The summed E-state index contributed by atoms with van der Waals surface area (Å²) in [5, 5.41) is 0. The van der Waals surface area contributed by atoms with Gasteiger partial charge in [0, 0.05) is 19.3 Å². The van der Waals surface area contributed by atoms with Gasteiger partial charge in [0.05, 0.1) is 0 Å². The molecule has 0 spiro atoms. The van der Waals surface area contributed by atoms with Gasteiger partial charge >= 0.3 is 17.9 Å². The number of esters is 3. The minimum absolute atomic E-state index is 0.0635. The van der Waals surface area contributed by atoms with E-state index in [1.54, 1.807) is 0 Å². The number of rotatable bonds is 51. The Morgan fingerprint density at radius 3 is 0.905 bits per heavy atom. The summed E-state index contributed by atoms with van der Waals surface area (Å²) in [5.74, 6) is 0.858. The molecule has 0 radical (unpaired) electrons. The molecule has 0 N–H and O–H groups in total. The second-order valence-electron chi connectivity index (χ2n) is 20.3. The van der Waals surface area contributed by atoms with Crippen LogP contribution in [0.25, 0.3) is 0 Å². The first-order chi connectivity index (χ1) is 30.8. The quantitative estimate of drug-likeness (QED) is 0.0344. The van der Waals surface area contributed by atoms with E-state index in [0.29, 0.717) is 19.3 Å². The summed E-state index contributed by atoms with van der Waals surface area (Å²) >= 11 is 0. The van der Waals surface area contributed by atoms with Crippen LogP contribution in [0.4, 0.5) is 0 Å². The van der Waals surface area contributed by atoms with Crippen molar-refractivity contribution in [2.45, 2.75) is 323 Å². The zero-order chi connectivity index (χ0) is 46.1. The highest BCUT2D eigenvalue weighted by atomic mass is 16.6. The van der Waals surface area contributed by atoms with E-state index < -0.39 is 6.10 Å². The smallest absolute Gasteiger partial charge is 0.306 e. The van der Waals surface area contributed by atoms with Gasteiger partial charge in [0.15, 0.2) is 6.10 Å². The Balaban J connectivity index is 4.18. The lowest BCUT2D eigenvalue weighted by Crippen LogP contribution is -2.30. The minimum atomic E-state index is -0.762. The molecular formula is C57H110O6. The van der Waals surface area contributed by atoms with Gasteiger partial charge in [-0.1, -0.05) is 279 Å². The first-order valence-corrected chi connectivity index (χ1v) is 28.3. The highest BCUT2D eigenvalue weighted by Gasteiger charge is 2.19. The van der Waals surface area contributed by atoms with E-state index in [2.05, 4.69) is 34.6 Å². The molecule has 0 saturated heterocycles. The summed E-state index contributed by atoms with van der Waals surface area (Å²) in [7, 11) is 0. The fourth-order valence-corrected chi connectivity index (χ4v) is 8.66. The summed E-state index contributed by atoms with van der Waals surface area (Å²) in [4.78, 5) is 38.0. The molecule has 63 heavy (non-hydrogen) atoms. The lowest BCUT2D eigenvalue weighted by molar-refractivity contribution is -0.167. The number of carbonyl (C=O) groups is 3. The summed E-state index contributed by atoms with van der Waals surface area (Å²) in [5.41, 5.74) is 0. The lowest BCUT2D eigenvalue weighted by atomic mass is 9.99. The summed E-state index contributed by atoms with van der Waals surface area (Å²) in [6, 6.07) is 0. The predicted molar refractivity (Wildman–Crippen MR) is 270 cm³/mol. The molecule has 6 heteroatoms. The summed E-state index contributed by atoms with van der Waals surface area (Å²) in [6.45, 7) is 11.4. The van der Waals surface area contributed by atoms with Crippen LogP contribution in [-0.2, 0) is 28.6 Å². The highest BCUT2D eigenvalue weighted by Crippen LogP contribution is 2.18. The van der Waals surface area contributed by atoms with E-state index in [4.69, 9.17) is 14.2 Å². The molecule has 0 aliphatic rings. The van der Waals surface area contributed by atoms with Gasteiger partial charge in [-0.3, -0.25) is 14.4 Å². The SMILES string of the molecule is CCCCCCCCCCCCCCC(=O)OC[C@H](COC(=O)CCCCCCCCCCCCCCCCCCCCC(C)CC)OC(=O)CCCCCCCCCCC(C)C. The van der Waals surface area contributed by atoms with Crippen molar-refractivity contribution in [3.63, 3.8) is 0 Å². The Labute approximate surface area is 393 Å². The minimum Gasteiger partial charge on any atom is -0.462 e. The Kier molecular flexibility index (Phi) is 48.6. The van der Waals surface area contributed by atoms with Gasteiger partial charge < -0.3 is 14.2 Å². The molecule has 6 nitrogen and oxygen atoms in total. The molecule has 0 aliphatic heterocycles. The van der Waals surface area contributed by atoms with Crippen molar-refractivity contribution < 1.29 is 28.6 Å². The van der Waals surface area contributed by atoms with Crippen molar-refractivity contribution in [2.24, 2.45) is 11.8 Å². The van der Waals surface area contributed by atoms with E-state index in [9.17, 15) is 14.4 Å². The van der Waals surface area contributed by atoms with Gasteiger partial charge in [-0.15, -0.1) is 0 Å². The van der Waals surface area contributed by atoms with Gasteiger partial charge in [0.1, 0.15) is 13.2 Å². The van der Waals surface area contributed by atoms with Crippen LogP contribution in [0.2, 0.25) is 0 Å². The molecule has 0 fully saturated rings. The number of unbranched alkanes of at least 4 members (excludes halogenated alkanes) is 35. The first-order valence-electron chi connectivity index (χ1n) is 28.3. The van der Waals surface area contributed by atoms with Crippen molar-refractivity contribution in [3.05, 3.63) is 0 Å². The molecule has 0 aromatic rings. The maximum absolute atomic E-state index is 12.8. The van der Waals surface area contributed by atoms with Crippen LogP contribution in [0.15, 0.2) is 0 Å². The van der Waals surface area contributed by atoms with Crippen molar-refractivity contribution >= 4 is 17.9 Å². The predicted octanol–water partition coefficient (Wildman–Crippen LogP) is 18.5. The number of hydrogen-bond donors (Lipinski definition) is 0. The van der Waals surface area contributed by atoms with Crippen molar-refractivity contribution in [1.82, 2.24) is 0 Å². The number of hydrogen-bond acceptors (Lipinski definition) is 6. The molecule has 374 valence electrons. The van der Waals surface area contributed by atoms with E-state index in [1.807, 2.05) is 0 Å². The third-order valence-electron chi connectivity index (χ3n) is 13.3. The monoisotopic (exact) mass is 891 g/mol. The molecule has 0 aliphatic carbocycles. The Morgan fingerprint density at radius 1 is 0.333 bits per heavy atom. The first kappa shape index (κ1) is 61.4. The average molecular weight is 892 g/mol. The summed E-state index contributed by atoms with van der Waals surface area (Å²) in [6.07, 6.45) is 52.4. The maximum Gasteiger partial charge on any atom is 0.306 e. The molecule has 0 amide bonds. The van der Waals surface area contributed by atoms with Crippen LogP contribution in [0.5, 0.6) is 0 Å². The van der Waals surface area contributed by atoms with Gasteiger partial charge in [-0.2, -0.15) is 0 Å².